The third-order valence-corrected chi connectivity index (χ3v) is 3.78. The Morgan fingerprint density at radius 1 is 0.667 bits per heavy atom. The van der Waals surface area contributed by atoms with Gasteiger partial charge in [0.05, 0.1) is 11.1 Å². The van der Waals surface area contributed by atoms with Crippen LogP contribution in [0.1, 0.15) is 20.7 Å². The van der Waals surface area contributed by atoms with Crippen molar-refractivity contribution in [2.75, 3.05) is 0 Å². The van der Waals surface area contributed by atoms with E-state index < -0.39 is 11.9 Å². The van der Waals surface area contributed by atoms with Gasteiger partial charge < -0.3 is 10.2 Å². The van der Waals surface area contributed by atoms with E-state index in [0.717, 1.165) is 5.56 Å². The predicted octanol–water partition coefficient (Wildman–Crippen LogP) is 4.42. The van der Waals surface area contributed by atoms with Crippen LogP contribution in [0.4, 0.5) is 0 Å². The van der Waals surface area contributed by atoms with Gasteiger partial charge in [-0.25, -0.2) is 9.59 Å². The fraction of sp³-hybridized carbons (Fsp3) is 0. The highest BCUT2D eigenvalue weighted by Gasteiger charge is 2.17. The maximum atomic E-state index is 11.7. The molecule has 0 saturated heterocycles. The minimum Gasteiger partial charge on any atom is -0.478 e. The Bertz CT molecular complexity index is 914. The lowest BCUT2D eigenvalue weighted by atomic mass is 9.90. The first kappa shape index (κ1) is 15.5. The molecule has 0 aromatic heterocycles. The van der Waals surface area contributed by atoms with E-state index in [0.29, 0.717) is 16.7 Å². The summed E-state index contributed by atoms with van der Waals surface area (Å²) in [6, 6.07) is 20.7. The molecule has 3 aromatic carbocycles. The maximum Gasteiger partial charge on any atom is 0.336 e. The maximum absolute atomic E-state index is 11.7. The molecule has 4 nitrogen and oxygen atoms in total. The molecule has 0 radical (unpaired) electrons. The van der Waals surface area contributed by atoms with Crippen molar-refractivity contribution in [3.63, 3.8) is 0 Å². The fourth-order valence-corrected chi connectivity index (χ4v) is 2.71. The average molecular weight is 318 g/mol. The normalized spacial score (nSPS) is 10.3. The monoisotopic (exact) mass is 318 g/mol. The van der Waals surface area contributed by atoms with E-state index in [2.05, 4.69) is 0 Å². The molecule has 24 heavy (non-hydrogen) atoms. The van der Waals surface area contributed by atoms with Gasteiger partial charge in [-0.2, -0.15) is 0 Å². The van der Waals surface area contributed by atoms with Gasteiger partial charge in [0.2, 0.25) is 0 Å². The van der Waals surface area contributed by atoms with Gasteiger partial charge in [0.15, 0.2) is 0 Å². The molecule has 0 aliphatic carbocycles. The number of aromatic carboxylic acids is 2. The first-order valence-electron chi connectivity index (χ1n) is 7.33. The van der Waals surface area contributed by atoms with Crippen LogP contribution in [0.15, 0.2) is 72.8 Å². The third-order valence-electron chi connectivity index (χ3n) is 3.78. The Kier molecular flexibility index (Phi) is 4.12. The van der Waals surface area contributed by atoms with Gasteiger partial charge in [0.25, 0.3) is 0 Å². The van der Waals surface area contributed by atoms with Crippen LogP contribution in [0.25, 0.3) is 22.3 Å². The zero-order valence-electron chi connectivity index (χ0n) is 12.6. The summed E-state index contributed by atoms with van der Waals surface area (Å²) in [5.41, 5.74) is 3.03. The minimum absolute atomic E-state index is 0.159. The van der Waals surface area contributed by atoms with Crippen LogP contribution >= 0.6 is 0 Å². The van der Waals surface area contributed by atoms with E-state index in [1.165, 1.54) is 6.07 Å². The van der Waals surface area contributed by atoms with Crippen LogP contribution in [0.5, 0.6) is 0 Å². The van der Waals surface area contributed by atoms with E-state index >= 15 is 0 Å². The molecule has 118 valence electrons. The Morgan fingerprint density at radius 3 is 2.00 bits per heavy atom. The molecule has 0 aliphatic rings. The molecule has 0 bridgehead atoms. The van der Waals surface area contributed by atoms with E-state index in [9.17, 15) is 19.8 Å². The molecule has 0 aliphatic heterocycles. The molecule has 4 heteroatoms. The molecule has 3 aromatic rings. The highest BCUT2D eigenvalue weighted by molar-refractivity contribution is 6.01. The van der Waals surface area contributed by atoms with Crippen molar-refractivity contribution in [3.05, 3.63) is 83.9 Å². The van der Waals surface area contributed by atoms with Crippen LogP contribution in [-0.2, 0) is 0 Å². The number of hydrogen-bond acceptors (Lipinski definition) is 2. The largest absolute Gasteiger partial charge is 0.478 e. The zero-order chi connectivity index (χ0) is 17.1. The lowest BCUT2D eigenvalue weighted by Gasteiger charge is -2.14. The van der Waals surface area contributed by atoms with Crippen molar-refractivity contribution in [1.82, 2.24) is 0 Å². The van der Waals surface area contributed by atoms with Crippen molar-refractivity contribution in [3.8, 4) is 22.3 Å². The van der Waals surface area contributed by atoms with Crippen molar-refractivity contribution >= 4 is 11.9 Å². The second kappa shape index (κ2) is 6.38. The Labute approximate surface area is 138 Å². The first-order valence-corrected chi connectivity index (χ1v) is 7.33. The van der Waals surface area contributed by atoms with Gasteiger partial charge in [-0.05, 0) is 34.9 Å². The smallest absolute Gasteiger partial charge is 0.336 e. The van der Waals surface area contributed by atoms with Gasteiger partial charge in [-0.15, -0.1) is 0 Å². The van der Waals surface area contributed by atoms with Gasteiger partial charge >= 0.3 is 11.9 Å². The molecule has 0 unspecified atom stereocenters. The van der Waals surface area contributed by atoms with E-state index in [4.69, 9.17) is 0 Å². The van der Waals surface area contributed by atoms with Crippen LogP contribution < -0.4 is 0 Å². The standard InChI is InChI=1S/C20H14O4/c21-19(22)15-9-4-8-14(12-15)16-10-5-11-17(20(23)24)18(16)13-6-2-1-3-7-13/h1-12H,(H,21,22)(H,23,24). The number of hydrogen-bond donors (Lipinski definition) is 2. The van der Waals surface area contributed by atoms with Crippen LogP contribution in [0.2, 0.25) is 0 Å². The topological polar surface area (TPSA) is 74.6 Å². The summed E-state index contributed by atoms with van der Waals surface area (Å²) in [4.78, 5) is 22.9. The fourth-order valence-electron chi connectivity index (χ4n) is 2.71. The van der Waals surface area contributed by atoms with E-state index in [-0.39, 0.29) is 11.1 Å². The lowest BCUT2D eigenvalue weighted by Crippen LogP contribution is -2.02. The number of benzene rings is 3. The van der Waals surface area contributed by atoms with Gasteiger partial charge in [0, 0.05) is 5.56 Å². The molecule has 0 amide bonds. The molecule has 2 N–H and O–H groups in total. The highest BCUT2D eigenvalue weighted by atomic mass is 16.4. The molecule has 0 fully saturated rings. The molecule has 0 saturated carbocycles. The van der Waals surface area contributed by atoms with Crippen molar-refractivity contribution in [1.29, 1.82) is 0 Å². The summed E-state index contributed by atoms with van der Waals surface area (Å²) in [6.45, 7) is 0. The molecular formula is C20H14O4. The van der Waals surface area contributed by atoms with Gasteiger partial charge in [-0.3, -0.25) is 0 Å². The summed E-state index contributed by atoms with van der Waals surface area (Å²) in [5.74, 6) is -2.04. The van der Waals surface area contributed by atoms with Crippen LogP contribution in [0, 0.1) is 0 Å². The predicted molar refractivity (Wildman–Crippen MR) is 91.2 cm³/mol. The summed E-state index contributed by atoms with van der Waals surface area (Å²) < 4.78 is 0. The number of carbonyl (C=O) groups is 2. The Hall–Kier alpha value is -3.40. The number of rotatable bonds is 4. The summed E-state index contributed by atoms with van der Waals surface area (Å²) in [5, 5.41) is 18.7. The summed E-state index contributed by atoms with van der Waals surface area (Å²) in [6.07, 6.45) is 0. The van der Waals surface area contributed by atoms with Crippen molar-refractivity contribution in [2.24, 2.45) is 0 Å². The third kappa shape index (κ3) is 2.90. The van der Waals surface area contributed by atoms with Gasteiger partial charge in [0.1, 0.15) is 0 Å². The Balaban J connectivity index is 2.29. The van der Waals surface area contributed by atoms with E-state index in [1.807, 2.05) is 30.3 Å². The average Bonchev–Trinajstić information content (AvgIpc) is 2.62. The molecule has 3 rings (SSSR count). The zero-order valence-corrected chi connectivity index (χ0v) is 12.6. The molecule has 0 spiro atoms. The molecule has 0 heterocycles. The molecular weight excluding hydrogens is 304 g/mol. The van der Waals surface area contributed by atoms with E-state index in [1.54, 1.807) is 36.4 Å². The SMILES string of the molecule is O=C(O)c1cccc(-c2cccc(C(=O)O)c2-c2ccccc2)c1. The highest BCUT2D eigenvalue weighted by Crippen LogP contribution is 2.35. The van der Waals surface area contributed by atoms with Crippen LogP contribution in [-0.4, -0.2) is 22.2 Å². The first-order chi connectivity index (χ1) is 11.6. The van der Waals surface area contributed by atoms with Gasteiger partial charge in [-0.1, -0.05) is 54.6 Å². The molecule has 0 atom stereocenters. The quantitative estimate of drug-likeness (QED) is 0.747. The van der Waals surface area contributed by atoms with Crippen molar-refractivity contribution in [2.45, 2.75) is 0 Å². The van der Waals surface area contributed by atoms with Crippen molar-refractivity contribution < 1.29 is 19.8 Å². The second-order valence-electron chi connectivity index (χ2n) is 5.29. The summed E-state index contributed by atoms with van der Waals surface area (Å²) >= 11 is 0. The second-order valence-corrected chi connectivity index (χ2v) is 5.29. The van der Waals surface area contributed by atoms with Crippen LogP contribution in [0.3, 0.4) is 0 Å². The lowest BCUT2D eigenvalue weighted by molar-refractivity contribution is 0.0686. The minimum atomic E-state index is -1.02. The summed E-state index contributed by atoms with van der Waals surface area (Å²) in [7, 11) is 0. The number of carboxylic acid groups (broad SMARTS) is 2. The number of carboxylic acids is 2. The Morgan fingerprint density at radius 2 is 1.33 bits per heavy atom.